The van der Waals surface area contributed by atoms with E-state index >= 15 is 0 Å². The number of nitrogens with one attached hydrogen (secondary N) is 1. The first-order valence-corrected chi connectivity index (χ1v) is 7.63. The fraction of sp³-hybridized carbons (Fsp3) is 0.533. The molecule has 0 aromatic carbocycles. The molecule has 0 bridgehead atoms. The first-order chi connectivity index (χ1) is 10.3. The number of aromatic nitrogens is 4. The minimum absolute atomic E-state index is 0.00196. The lowest BCUT2D eigenvalue weighted by Gasteiger charge is -2.09. The zero-order chi connectivity index (χ0) is 14.7. The van der Waals surface area contributed by atoms with E-state index in [1.807, 2.05) is 18.3 Å². The van der Waals surface area contributed by atoms with Crippen molar-refractivity contribution in [2.24, 2.45) is 0 Å². The van der Waals surface area contributed by atoms with E-state index in [-0.39, 0.29) is 5.69 Å². The number of hydrogen-bond acceptors (Lipinski definition) is 4. The van der Waals surface area contributed by atoms with E-state index in [0.29, 0.717) is 6.54 Å². The van der Waals surface area contributed by atoms with E-state index in [0.717, 1.165) is 56.0 Å². The van der Waals surface area contributed by atoms with Gasteiger partial charge in [0.05, 0.1) is 6.54 Å². The van der Waals surface area contributed by atoms with Crippen molar-refractivity contribution in [1.29, 1.82) is 0 Å². The van der Waals surface area contributed by atoms with Crippen molar-refractivity contribution >= 4 is 5.82 Å². The Balaban J connectivity index is 1.74. The summed E-state index contributed by atoms with van der Waals surface area (Å²) in [6.07, 6.45) is 5.97. The Morgan fingerprint density at radius 1 is 1.33 bits per heavy atom. The highest BCUT2D eigenvalue weighted by atomic mass is 16.2. The van der Waals surface area contributed by atoms with Crippen LogP contribution in [0.2, 0.25) is 0 Å². The predicted octanol–water partition coefficient (Wildman–Crippen LogP) is 1.65. The minimum atomic E-state index is -0.00196. The van der Waals surface area contributed by atoms with Crippen LogP contribution in [-0.2, 0) is 19.5 Å². The molecule has 0 atom stereocenters. The Hall–Kier alpha value is -2.11. The van der Waals surface area contributed by atoms with Gasteiger partial charge in [-0.3, -0.25) is 4.57 Å². The predicted molar refractivity (Wildman–Crippen MR) is 81.5 cm³/mol. The highest BCUT2D eigenvalue weighted by molar-refractivity contribution is 5.35. The highest BCUT2D eigenvalue weighted by Gasteiger charge is 2.16. The number of hydrogen-bond donors (Lipinski definition) is 1. The Labute approximate surface area is 123 Å². The molecule has 2 aromatic rings. The van der Waals surface area contributed by atoms with E-state index in [1.165, 1.54) is 0 Å². The summed E-state index contributed by atoms with van der Waals surface area (Å²) in [6, 6.07) is 3.95. The van der Waals surface area contributed by atoms with Crippen molar-refractivity contribution < 1.29 is 0 Å². The Morgan fingerprint density at radius 2 is 2.24 bits per heavy atom. The standard InChI is InChI=1S/C15H21N5O/c1-2-8-16-13-7-6-12(10-17-13)11-20-15(21)19-9-4-3-5-14(19)18-20/h6-7,10H,2-5,8-9,11H2,1H3,(H,16,17). The Bertz CT molecular complexity index is 656. The molecule has 1 N–H and O–H groups in total. The quantitative estimate of drug-likeness (QED) is 0.908. The van der Waals surface area contributed by atoms with Gasteiger partial charge in [-0.2, -0.15) is 5.10 Å². The maximum Gasteiger partial charge on any atom is 0.346 e. The average molecular weight is 287 g/mol. The van der Waals surface area contributed by atoms with E-state index in [4.69, 9.17) is 0 Å². The smallest absolute Gasteiger partial charge is 0.346 e. The second kappa shape index (κ2) is 6.11. The molecule has 0 unspecified atom stereocenters. The van der Waals surface area contributed by atoms with E-state index in [1.54, 1.807) is 9.25 Å². The van der Waals surface area contributed by atoms with E-state index in [2.05, 4.69) is 22.3 Å². The summed E-state index contributed by atoms with van der Waals surface area (Å²) < 4.78 is 3.35. The molecule has 112 valence electrons. The molecule has 0 aliphatic carbocycles. The largest absolute Gasteiger partial charge is 0.370 e. The first kappa shape index (κ1) is 13.9. The van der Waals surface area contributed by atoms with Crippen molar-refractivity contribution in [3.8, 4) is 0 Å². The van der Waals surface area contributed by atoms with Gasteiger partial charge in [0, 0.05) is 25.7 Å². The number of rotatable bonds is 5. The summed E-state index contributed by atoms with van der Waals surface area (Å²) in [4.78, 5) is 16.6. The maximum absolute atomic E-state index is 12.3. The van der Waals surface area contributed by atoms with Crippen LogP contribution in [0.4, 0.5) is 5.82 Å². The zero-order valence-electron chi connectivity index (χ0n) is 12.4. The van der Waals surface area contributed by atoms with Gasteiger partial charge in [0.15, 0.2) is 0 Å². The van der Waals surface area contributed by atoms with Gasteiger partial charge < -0.3 is 5.32 Å². The third kappa shape index (κ3) is 2.99. The molecule has 1 aliphatic rings. The lowest BCUT2D eigenvalue weighted by Crippen LogP contribution is -2.27. The van der Waals surface area contributed by atoms with Gasteiger partial charge >= 0.3 is 5.69 Å². The van der Waals surface area contributed by atoms with Crippen molar-refractivity contribution in [2.45, 2.75) is 45.7 Å². The molecular weight excluding hydrogens is 266 g/mol. The van der Waals surface area contributed by atoms with Crippen molar-refractivity contribution in [3.05, 3.63) is 40.2 Å². The molecule has 6 heteroatoms. The first-order valence-electron chi connectivity index (χ1n) is 7.63. The SMILES string of the molecule is CCCNc1ccc(Cn2nc3n(c2=O)CCCC3)cn1. The molecule has 0 radical (unpaired) electrons. The molecular formula is C15H21N5O. The van der Waals surface area contributed by atoms with Crippen LogP contribution >= 0.6 is 0 Å². The van der Waals surface area contributed by atoms with Crippen molar-refractivity contribution in [3.63, 3.8) is 0 Å². The Morgan fingerprint density at radius 3 is 2.95 bits per heavy atom. The van der Waals surface area contributed by atoms with Gasteiger partial charge in [-0.05, 0) is 30.9 Å². The van der Waals surface area contributed by atoms with Crippen LogP contribution in [0, 0.1) is 0 Å². The highest BCUT2D eigenvalue weighted by Crippen LogP contribution is 2.10. The fourth-order valence-electron chi connectivity index (χ4n) is 2.60. The summed E-state index contributed by atoms with van der Waals surface area (Å²) in [5.74, 6) is 1.79. The van der Waals surface area contributed by atoms with Crippen LogP contribution in [-0.4, -0.2) is 25.9 Å². The van der Waals surface area contributed by atoms with Crippen LogP contribution in [0.1, 0.15) is 37.6 Å². The molecule has 0 spiro atoms. The Kier molecular flexibility index (Phi) is 4.03. The zero-order valence-corrected chi connectivity index (χ0v) is 12.4. The number of anilines is 1. The van der Waals surface area contributed by atoms with Crippen LogP contribution < -0.4 is 11.0 Å². The van der Waals surface area contributed by atoms with E-state index < -0.39 is 0 Å². The van der Waals surface area contributed by atoms with Gasteiger partial charge in [-0.15, -0.1) is 0 Å². The molecule has 1 aliphatic heterocycles. The molecule has 0 saturated carbocycles. The summed E-state index contributed by atoms with van der Waals surface area (Å²) in [5, 5.41) is 7.68. The topological polar surface area (TPSA) is 64.7 Å². The molecule has 0 saturated heterocycles. The van der Waals surface area contributed by atoms with Gasteiger partial charge in [0.25, 0.3) is 0 Å². The van der Waals surface area contributed by atoms with Gasteiger partial charge in [0.1, 0.15) is 11.6 Å². The molecule has 3 heterocycles. The molecule has 21 heavy (non-hydrogen) atoms. The van der Waals surface area contributed by atoms with Gasteiger partial charge in [-0.25, -0.2) is 14.5 Å². The van der Waals surface area contributed by atoms with Gasteiger partial charge in [0.2, 0.25) is 0 Å². The molecule has 6 nitrogen and oxygen atoms in total. The van der Waals surface area contributed by atoms with Crippen LogP contribution in [0.15, 0.2) is 23.1 Å². The summed E-state index contributed by atoms with van der Waals surface area (Å²) >= 11 is 0. The second-order valence-electron chi connectivity index (χ2n) is 5.44. The third-order valence-electron chi connectivity index (χ3n) is 3.74. The third-order valence-corrected chi connectivity index (χ3v) is 3.74. The summed E-state index contributed by atoms with van der Waals surface area (Å²) in [5.41, 5.74) is 0.993. The van der Waals surface area contributed by atoms with E-state index in [9.17, 15) is 4.79 Å². The molecule has 0 amide bonds. The van der Waals surface area contributed by atoms with Crippen LogP contribution in [0.25, 0.3) is 0 Å². The van der Waals surface area contributed by atoms with Crippen LogP contribution in [0.3, 0.4) is 0 Å². The number of aryl methyl sites for hydroxylation is 1. The summed E-state index contributed by atoms with van der Waals surface area (Å²) in [7, 11) is 0. The molecule has 3 rings (SSSR count). The molecule has 0 fully saturated rings. The van der Waals surface area contributed by atoms with Crippen LogP contribution in [0.5, 0.6) is 0 Å². The monoisotopic (exact) mass is 287 g/mol. The number of fused-ring (bicyclic) bond motifs is 1. The van der Waals surface area contributed by atoms with Crippen molar-refractivity contribution in [1.82, 2.24) is 19.3 Å². The molecule has 2 aromatic heterocycles. The fourth-order valence-corrected chi connectivity index (χ4v) is 2.60. The average Bonchev–Trinajstić information content (AvgIpc) is 2.83. The normalized spacial score (nSPS) is 14.0. The lowest BCUT2D eigenvalue weighted by atomic mass is 10.2. The maximum atomic E-state index is 12.3. The minimum Gasteiger partial charge on any atom is -0.370 e. The summed E-state index contributed by atoms with van der Waals surface area (Å²) in [6.45, 7) is 4.32. The number of nitrogens with zero attached hydrogens (tertiary/aromatic N) is 4. The van der Waals surface area contributed by atoms with Gasteiger partial charge in [-0.1, -0.05) is 13.0 Å². The van der Waals surface area contributed by atoms with Crippen molar-refractivity contribution in [2.75, 3.05) is 11.9 Å². The number of pyridine rings is 1. The lowest BCUT2D eigenvalue weighted by molar-refractivity contribution is 0.511. The second-order valence-corrected chi connectivity index (χ2v) is 5.44.